The van der Waals surface area contributed by atoms with E-state index >= 15 is 0 Å². The Morgan fingerprint density at radius 2 is 1.84 bits per heavy atom. The zero-order chi connectivity index (χ0) is 13.8. The molecule has 0 bridgehead atoms. The Labute approximate surface area is 120 Å². The van der Waals surface area contributed by atoms with Crippen LogP contribution in [0.5, 0.6) is 11.5 Å². The number of benzene rings is 1. The summed E-state index contributed by atoms with van der Waals surface area (Å²) in [6, 6.07) is 9.14. The second-order valence-electron chi connectivity index (χ2n) is 3.99. The Kier molecular flexibility index (Phi) is 4.39. The van der Waals surface area contributed by atoms with Gasteiger partial charge in [-0.3, -0.25) is 4.98 Å². The van der Waals surface area contributed by atoms with E-state index in [1.807, 2.05) is 30.3 Å². The maximum absolute atomic E-state index is 6.21. The van der Waals surface area contributed by atoms with E-state index in [9.17, 15) is 0 Å². The summed E-state index contributed by atoms with van der Waals surface area (Å²) >= 11 is 3.35. The Morgan fingerprint density at radius 1 is 1.11 bits per heavy atom. The zero-order valence-corrected chi connectivity index (χ0v) is 12.3. The molecule has 0 aliphatic heterocycles. The summed E-state index contributed by atoms with van der Waals surface area (Å²) in [4.78, 5) is 4.31. The van der Waals surface area contributed by atoms with E-state index in [0.717, 1.165) is 15.7 Å². The number of pyridine rings is 1. The van der Waals surface area contributed by atoms with E-state index in [1.165, 1.54) is 0 Å². The molecule has 0 saturated carbocycles. The van der Waals surface area contributed by atoms with Gasteiger partial charge >= 0.3 is 0 Å². The van der Waals surface area contributed by atoms with Crippen LogP contribution in [-0.4, -0.2) is 19.2 Å². The Bertz CT molecular complexity index is 558. The first-order valence-electron chi connectivity index (χ1n) is 5.74. The average Bonchev–Trinajstić information content (AvgIpc) is 2.46. The molecule has 0 amide bonds. The van der Waals surface area contributed by atoms with Gasteiger partial charge in [-0.2, -0.15) is 0 Å². The SMILES string of the molecule is COc1ccc(C(N)c2ccc(Br)cn2)cc1OC. The number of hydrogen-bond donors (Lipinski definition) is 1. The topological polar surface area (TPSA) is 57.4 Å². The van der Waals surface area contributed by atoms with Gasteiger partial charge in [-0.25, -0.2) is 0 Å². The van der Waals surface area contributed by atoms with Gasteiger partial charge in [0.2, 0.25) is 0 Å². The molecule has 0 aliphatic carbocycles. The standard InChI is InChI=1S/C14H15BrN2O2/c1-18-12-6-3-9(7-13(12)19-2)14(16)11-5-4-10(15)8-17-11/h3-8,14H,16H2,1-2H3. The summed E-state index contributed by atoms with van der Waals surface area (Å²) in [6.45, 7) is 0. The third-order valence-electron chi connectivity index (χ3n) is 2.84. The number of ether oxygens (including phenoxy) is 2. The van der Waals surface area contributed by atoms with Gasteiger partial charge in [0.05, 0.1) is 26.0 Å². The molecule has 1 unspecified atom stereocenters. The number of aromatic nitrogens is 1. The lowest BCUT2D eigenvalue weighted by Gasteiger charge is -2.14. The first-order valence-corrected chi connectivity index (χ1v) is 6.54. The predicted octanol–water partition coefficient (Wildman–Crippen LogP) is 2.91. The van der Waals surface area contributed by atoms with E-state index in [2.05, 4.69) is 20.9 Å². The molecule has 2 aromatic rings. The number of methoxy groups -OCH3 is 2. The highest BCUT2D eigenvalue weighted by Crippen LogP contribution is 2.30. The van der Waals surface area contributed by atoms with Gasteiger partial charge in [-0.15, -0.1) is 0 Å². The number of rotatable bonds is 4. The fraction of sp³-hybridized carbons (Fsp3) is 0.214. The smallest absolute Gasteiger partial charge is 0.161 e. The van der Waals surface area contributed by atoms with Crippen LogP contribution in [0.1, 0.15) is 17.3 Å². The Hall–Kier alpha value is -1.59. The van der Waals surface area contributed by atoms with E-state index < -0.39 is 0 Å². The van der Waals surface area contributed by atoms with Crippen molar-refractivity contribution in [1.29, 1.82) is 0 Å². The van der Waals surface area contributed by atoms with Gasteiger partial charge in [0, 0.05) is 10.7 Å². The monoisotopic (exact) mass is 322 g/mol. The molecule has 0 spiro atoms. The number of hydrogen-bond acceptors (Lipinski definition) is 4. The quantitative estimate of drug-likeness (QED) is 0.940. The van der Waals surface area contributed by atoms with Crippen LogP contribution in [-0.2, 0) is 0 Å². The van der Waals surface area contributed by atoms with Crippen LogP contribution >= 0.6 is 15.9 Å². The van der Waals surface area contributed by atoms with Crippen LogP contribution in [0.4, 0.5) is 0 Å². The average molecular weight is 323 g/mol. The Morgan fingerprint density at radius 3 is 2.42 bits per heavy atom. The van der Waals surface area contributed by atoms with Crippen LogP contribution in [0.25, 0.3) is 0 Å². The second-order valence-corrected chi connectivity index (χ2v) is 4.91. The molecular weight excluding hydrogens is 308 g/mol. The van der Waals surface area contributed by atoms with Gasteiger partial charge in [0.25, 0.3) is 0 Å². The van der Waals surface area contributed by atoms with Crippen LogP contribution in [0.15, 0.2) is 41.0 Å². The molecule has 1 heterocycles. The normalized spacial score (nSPS) is 12.0. The van der Waals surface area contributed by atoms with Crippen molar-refractivity contribution in [3.63, 3.8) is 0 Å². The third-order valence-corrected chi connectivity index (χ3v) is 3.30. The molecule has 0 aliphatic rings. The predicted molar refractivity (Wildman–Crippen MR) is 77.5 cm³/mol. The van der Waals surface area contributed by atoms with Gasteiger partial charge in [0.1, 0.15) is 0 Å². The highest BCUT2D eigenvalue weighted by Gasteiger charge is 2.13. The molecular formula is C14H15BrN2O2. The van der Waals surface area contributed by atoms with Crippen molar-refractivity contribution < 1.29 is 9.47 Å². The third kappa shape index (κ3) is 3.05. The van der Waals surface area contributed by atoms with Gasteiger partial charge in [0.15, 0.2) is 11.5 Å². The lowest BCUT2D eigenvalue weighted by molar-refractivity contribution is 0.354. The van der Waals surface area contributed by atoms with Gasteiger partial charge < -0.3 is 15.2 Å². The second kappa shape index (κ2) is 6.04. The highest BCUT2D eigenvalue weighted by molar-refractivity contribution is 9.10. The van der Waals surface area contributed by atoms with Crippen LogP contribution < -0.4 is 15.2 Å². The fourth-order valence-corrected chi connectivity index (χ4v) is 2.02. The molecule has 1 aromatic heterocycles. The molecule has 0 saturated heterocycles. The first-order chi connectivity index (χ1) is 9.15. The van der Waals surface area contributed by atoms with Crippen molar-refractivity contribution in [1.82, 2.24) is 4.98 Å². The molecule has 0 radical (unpaired) electrons. The fourth-order valence-electron chi connectivity index (χ4n) is 1.79. The van der Waals surface area contributed by atoms with Crippen molar-refractivity contribution in [3.8, 4) is 11.5 Å². The summed E-state index contributed by atoms with van der Waals surface area (Å²) in [6.07, 6.45) is 1.73. The van der Waals surface area contributed by atoms with Gasteiger partial charge in [-0.05, 0) is 45.8 Å². The van der Waals surface area contributed by atoms with Crippen molar-refractivity contribution in [3.05, 3.63) is 52.3 Å². The van der Waals surface area contributed by atoms with E-state index in [1.54, 1.807) is 20.4 Å². The summed E-state index contributed by atoms with van der Waals surface area (Å²) in [7, 11) is 3.21. The number of halogens is 1. The minimum absolute atomic E-state index is 0.298. The first kappa shape index (κ1) is 13.8. The molecule has 5 heteroatoms. The molecule has 2 N–H and O–H groups in total. The summed E-state index contributed by atoms with van der Waals surface area (Å²) < 4.78 is 11.4. The van der Waals surface area contributed by atoms with E-state index in [4.69, 9.17) is 15.2 Å². The van der Waals surface area contributed by atoms with Crippen molar-refractivity contribution in [2.45, 2.75) is 6.04 Å². The van der Waals surface area contributed by atoms with E-state index in [-0.39, 0.29) is 6.04 Å². The summed E-state index contributed by atoms with van der Waals surface area (Å²) in [5.41, 5.74) is 7.93. The van der Waals surface area contributed by atoms with Crippen LogP contribution in [0, 0.1) is 0 Å². The van der Waals surface area contributed by atoms with Crippen molar-refractivity contribution in [2.75, 3.05) is 14.2 Å². The van der Waals surface area contributed by atoms with Crippen molar-refractivity contribution in [2.24, 2.45) is 5.73 Å². The minimum Gasteiger partial charge on any atom is -0.493 e. The van der Waals surface area contributed by atoms with Crippen LogP contribution in [0.3, 0.4) is 0 Å². The molecule has 1 atom stereocenters. The molecule has 100 valence electrons. The van der Waals surface area contributed by atoms with E-state index in [0.29, 0.717) is 11.5 Å². The molecule has 0 fully saturated rings. The number of nitrogens with two attached hydrogens (primary N) is 1. The summed E-state index contributed by atoms with van der Waals surface area (Å²) in [5, 5.41) is 0. The molecule has 19 heavy (non-hydrogen) atoms. The lowest BCUT2D eigenvalue weighted by atomic mass is 10.0. The minimum atomic E-state index is -0.298. The largest absolute Gasteiger partial charge is 0.493 e. The maximum atomic E-state index is 6.21. The number of nitrogens with zero attached hydrogens (tertiary/aromatic N) is 1. The molecule has 4 nitrogen and oxygen atoms in total. The zero-order valence-electron chi connectivity index (χ0n) is 10.8. The maximum Gasteiger partial charge on any atom is 0.161 e. The van der Waals surface area contributed by atoms with Crippen molar-refractivity contribution >= 4 is 15.9 Å². The summed E-state index contributed by atoms with van der Waals surface area (Å²) in [5.74, 6) is 1.34. The van der Waals surface area contributed by atoms with Crippen LogP contribution in [0.2, 0.25) is 0 Å². The highest BCUT2D eigenvalue weighted by atomic mass is 79.9. The molecule has 2 rings (SSSR count). The lowest BCUT2D eigenvalue weighted by Crippen LogP contribution is -2.13. The van der Waals surface area contributed by atoms with Gasteiger partial charge in [-0.1, -0.05) is 6.07 Å². The molecule has 1 aromatic carbocycles. The Balaban J connectivity index is 2.33.